The van der Waals surface area contributed by atoms with Crippen LogP contribution in [0.5, 0.6) is 0 Å². The van der Waals surface area contributed by atoms with Crippen LogP contribution in [-0.2, 0) is 9.59 Å². The van der Waals surface area contributed by atoms with E-state index >= 15 is 0 Å². The summed E-state index contributed by atoms with van der Waals surface area (Å²) >= 11 is 0. The fourth-order valence-electron chi connectivity index (χ4n) is 3.92. The Balaban J connectivity index is 2.37. The van der Waals surface area contributed by atoms with Crippen molar-refractivity contribution in [2.45, 2.75) is 64.2 Å². The fourth-order valence-corrected chi connectivity index (χ4v) is 3.92. The molecule has 2 atom stereocenters. The zero-order valence-electron chi connectivity index (χ0n) is 14.2. The molecule has 0 fully saturated rings. The van der Waals surface area contributed by atoms with E-state index in [1.54, 1.807) is 0 Å². The zero-order chi connectivity index (χ0) is 17.4. The van der Waals surface area contributed by atoms with Crippen LogP contribution in [0.25, 0.3) is 0 Å². The highest BCUT2D eigenvalue weighted by molar-refractivity contribution is 5.99. The van der Waals surface area contributed by atoms with Gasteiger partial charge in [-0.2, -0.15) is 0 Å². The van der Waals surface area contributed by atoms with Gasteiger partial charge in [-0.1, -0.05) is 24.3 Å². The molecular formula is C20H28O4. The van der Waals surface area contributed by atoms with E-state index in [-0.39, 0.29) is 23.0 Å². The van der Waals surface area contributed by atoms with Gasteiger partial charge in [-0.15, -0.1) is 0 Å². The molecular weight excluding hydrogens is 304 g/mol. The molecule has 0 aromatic carbocycles. The summed E-state index contributed by atoms with van der Waals surface area (Å²) in [6.07, 6.45) is 16.8. The number of hydrogen-bond donors (Lipinski definition) is 2. The molecule has 0 radical (unpaired) electrons. The van der Waals surface area contributed by atoms with E-state index in [0.29, 0.717) is 0 Å². The van der Waals surface area contributed by atoms with Crippen molar-refractivity contribution in [3.05, 3.63) is 35.5 Å². The van der Waals surface area contributed by atoms with Gasteiger partial charge in [0.05, 0.1) is 11.1 Å². The Kier molecular flexibility index (Phi) is 7.29. The Morgan fingerprint density at radius 2 is 1.00 bits per heavy atom. The third-order valence-electron chi connectivity index (χ3n) is 5.11. The number of aliphatic carboxylic acids is 2. The highest BCUT2D eigenvalue weighted by Crippen LogP contribution is 2.35. The van der Waals surface area contributed by atoms with E-state index in [9.17, 15) is 19.8 Å². The summed E-state index contributed by atoms with van der Waals surface area (Å²) < 4.78 is 0. The van der Waals surface area contributed by atoms with Gasteiger partial charge in [0.15, 0.2) is 0 Å². The summed E-state index contributed by atoms with van der Waals surface area (Å²) in [5, 5.41) is 19.6. The molecule has 24 heavy (non-hydrogen) atoms. The van der Waals surface area contributed by atoms with Gasteiger partial charge < -0.3 is 10.2 Å². The predicted octanol–water partition coefficient (Wildman–Crippen LogP) is 4.73. The normalized spacial score (nSPS) is 26.5. The molecule has 0 aromatic rings. The summed E-state index contributed by atoms with van der Waals surface area (Å²) in [4.78, 5) is 24.0. The van der Waals surface area contributed by atoms with E-state index in [2.05, 4.69) is 24.3 Å². The Morgan fingerprint density at radius 1 is 0.625 bits per heavy atom. The summed E-state index contributed by atoms with van der Waals surface area (Å²) in [5.41, 5.74) is 0.347. The van der Waals surface area contributed by atoms with Crippen molar-refractivity contribution in [2.75, 3.05) is 0 Å². The van der Waals surface area contributed by atoms with E-state index in [1.807, 2.05) is 0 Å². The second-order valence-corrected chi connectivity index (χ2v) is 6.79. The van der Waals surface area contributed by atoms with Crippen LogP contribution in [-0.4, -0.2) is 22.2 Å². The second-order valence-electron chi connectivity index (χ2n) is 6.79. The molecule has 2 unspecified atom stereocenters. The van der Waals surface area contributed by atoms with Crippen molar-refractivity contribution < 1.29 is 19.8 Å². The van der Waals surface area contributed by atoms with Crippen molar-refractivity contribution in [1.82, 2.24) is 0 Å². The van der Waals surface area contributed by atoms with Gasteiger partial charge in [-0.25, -0.2) is 9.59 Å². The molecule has 2 aliphatic rings. The highest BCUT2D eigenvalue weighted by Gasteiger charge is 2.32. The van der Waals surface area contributed by atoms with Gasteiger partial charge >= 0.3 is 11.9 Å². The smallest absolute Gasteiger partial charge is 0.332 e. The van der Waals surface area contributed by atoms with Crippen LogP contribution in [0.4, 0.5) is 0 Å². The Hall–Kier alpha value is -1.84. The lowest BCUT2D eigenvalue weighted by molar-refractivity contribution is -0.137. The average molecular weight is 332 g/mol. The highest BCUT2D eigenvalue weighted by atomic mass is 16.4. The zero-order valence-corrected chi connectivity index (χ0v) is 14.2. The Morgan fingerprint density at radius 3 is 1.38 bits per heavy atom. The SMILES string of the molecule is O=C(O)C(=C(C(=O)O)C1CCC=CCCC1)C1CCC=CCCC1. The standard InChI is InChI=1S/C20H28O4/c21-19(22)17(15-11-7-3-1-4-8-12-15)18(20(23)24)16-13-9-5-2-6-10-14-16/h1-3,5,15-16H,4,6-14H2,(H,21,22)(H,23,24). The molecule has 2 rings (SSSR count). The Labute approximate surface area is 144 Å². The summed E-state index contributed by atoms with van der Waals surface area (Å²) in [6, 6.07) is 0. The van der Waals surface area contributed by atoms with Crippen LogP contribution in [0.2, 0.25) is 0 Å². The van der Waals surface area contributed by atoms with Gasteiger partial charge in [0, 0.05) is 0 Å². The van der Waals surface area contributed by atoms with Crippen LogP contribution < -0.4 is 0 Å². The maximum Gasteiger partial charge on any atom is 0.332 e. The monoisotopic (exact) mass is 332 g/mol. The molecule has 4 nitrogen and oxygen atoms in total. The van der Waals surface area contributed by atoms with E-state index in [1.165, 1.54) is 0 Å². The molecule has 0 aliphatic heterocycles. The third kappa shape index (κ3) is 5.08. The quantitative estimate of drug-likeness (QED) is 0.577. The largest absolute Gasteiger partial charge is 0.478 e. The molecule has 0 saturated heterocycles. The van der Waals surface area contributed by atoms with Gasteiger partial charge in [-0.05, 0) is 76.0 Å². The molecule has 132 valence electrons. The maximum absolute atomic E-state index is 12.0. The molecule has 0 heterocycles. The maximum atomic E-state index is 12.0. The molecule has 2 aliphatic carbocycles. The number of allylic oxidation sites excluding steroid dienone is 4. The number of carboxylic acids is 2. The minimum absolute atomic E-state index is 0.153. The first kappa shape index (κ1) is 18.5. The first-order chi connectivity index (χ1) is 11.6. The summed E-state index contributed by atoms with van der Waals surface area (Å²) in [7, 11) is 0. The minimum Gasteiger partial charge on any atom is -0.478 e. The molecule has 0 bridgehead atoms. The first-order valence-electron chi connectivity index (χ1n) is 9.12. The van der Waals surface area contributed by atoms with Gasteiger partial charge in [-0.3, -0.25) is 0 Å². The third-order valence-corrected chi connectivity index (χ3v) is 5.11. The van der Waals surface area contributed by atoms with Crippen molar-refractivity contribution in [3.8, 4) is 0 Å². The van der Waals surface area contributed by atoms with Crippen LogP contribution in [0.15, 0.2) is 35.5 Å². The van der Waals surface area contributed by atoms with Crippen molar-refractivity contribution in [1.29, 1.82) is 0 Å². The van der Waals surface area contributed by atoms with Crippen LogP contribution in [0.3, 0.4) is 0 Å². The second kappa shape index (κ2) is 9.45. The summed E-state index contributed by atoms with van der Waals surface area (Å²) in [6.45, 7) is 0. The predicted molar refractivity (Wildman–Crippen MR) is 93.7 cm³/mol. The van der Waals surface area contributed by atoms with E-state index in [4.69, 9.17) is 0 Å². The van der Waals surface area contributed by atoms with Gasteiger partial charge in [0.25, 0.3) is 0 Å². The van der Waals surface area contributed by atoms with Crippen LogP contribution >= 0.6 is 0 Å². The number of hydrogen-bond acceptors (Lipinski definition) is 2. The molecule has 0 saturated carbocycles. The topological polar surface area (TPSA) is 74.6 Å². The van der Waals surface area contributed by atoms with Crippen LogP contribution in [0, 0.1) is 11.8 Å². The molecule has 4 heteroatoms. The van der Waals surface area contributed by atoms with Crippen LogP contribution in [0.1, 0.15) is 64.2 Å². The van der Waals surface area contributed by atoms with Crippen molar-refractivity contribution in [2.24, 2.45) is 11.8 Å². The lowest BCUT2D eigenvalue weighted by Crippen LogP contribution is -2.24. The van der Waals surface area contributed by atoms with E-state index in [0.717, 1.165) is 64.2 Å². The number of rotatable bonds is 4. The summed E-state index contributed by atoms with van der Waals surface area (Å²) in [5.74, 6) is -2.39. The minimum atomic E-state index is -1.04. The first-order valence-corrected chi connectivity index (χ1v) is 9.12. The van der Waals surface area contributed by atoms with Gasteiger partial charge in [0.2, 0.25) is 0 Å². The number of carbonyl (C=O) groups is 2. The Bertz CT molecular complexity index is 494. The molecule has 0 aromatic heterocycles. The molecule has 0 spiro atoms. The fraction of sp³-hybridized carbons (Fsp3) is 0.600. The number of carboxylic acid groups (broad SMARTS) is 2. The van der Waals surface area contributed by atoms with Crippen molar-refractivity contribution >= 4 is 11.9 Å². The van der Waals surface area contributed by atoms with Crippen molar-refractivity contribution in [3.63, 3.8) is 0 Å². The lowest BCUT2D eigenvalue weighted by Gasteiger charge is -2.25. The van der Waals surface area contributed by atoms with E-state index < -0.39 is 11.9 Å². The average Bonchev–Trinajstić information content (AvgIpc) is 2.45. The molecule has 0 amide bonds. The van der Waals surface area contributed by atoms with Gasteiger partial charge in [0.1, 0.15) is 0 Å². The lowest BCUT2D eigenvalue weighted by atomic mass is 9.78. The molecule has 2 N–H and O–H groups in total.